The summed E-state index contributed by atoms with van der Waals surface area (Å²) in [5, 5.41) is 12.0. The molecule has 7 heteroatoms. The lowest BCUT2D eigenvalue weighted by Crippen LogP contribution is -2.51. The van der Waals surface area contributed by atoms with E-state index in [1.54, 1.807) is 13.1 Å². The van der Waals surface area contributed by atoms with Crippen molar-refractivity contribution in [1.82, 2.24) is 15.1 Å². The molecular formula is C24H35N3O4. The van der Waals surface area contributed by atoms with E-state index in [1.165, 1.54) is 17.4 Å². The van der Waals surface area contributed by atoms with E-state index in [4.69, 9.17) is 5.11 Å². The lowest BCUT2D eigenvalue weighted by molar-refractivity contribution is -0.135. The normalized spacial score (nSPS) is 18.5. The summed E-state index contributed by atoms with van der Waals surface area (Å²) < 4.78 is 0. The highest BCUT2D eigenvalue weighted by molar-refractivity contribution is 5.88. The summed E-state index contributed by atoms with van der Waals surface area (Å²) in [5.41, 5.74) is 1.36. The Morgan fingerprint density at radius 3 is 2.52 bits per heavy atom. The van der Waals surface area contributed by atoms with Crippen LogP contribution in [-0.2, 0) is 20.9 Å². The predicted molar refractivity (Wildman–Crippen MR) is 120 cm³/mol. The SMILES string of the molecule is C/C(=C\C(C(C)C)N(C)C(=O)CNC(=O)C1CCCCN1Cc1ccccc1)C(=O)O. The number of carboxylic acid groups (broad SMARTS) is 1. The number of benzene rings is 1. The third-order valence-electron chi connectivity index (χ3n) is 5.84. The molecule has 0 aliphatic carbocycles. The van der Waals surface area contributed by atoms with Gasteiger partial charge in [-0.05, 0) is 37.8 Å². The van der Waals surface area contributed by atoms with Crippen LogP contribution < -0.4 is 5.32 Å². The smallest absolute Gasteiger partial charge is 0.331 e. The molecule has 0 saturated carbocycles. The lowest BCUT2D eigenvalue weighted by Gasteiger charge is -2.35. The van der Waals surface area contributed by atoms with Gasteiger partial charge in [0.25, 0.3) is 0 Å². The highest BCUT2D eigenvalue weighted by Crippen LogP contribution is 2.20. The minimum absolute atomic E-state index is 0.0404. The van der Waals surface area contributed by atoms with Gasteiger partial charge in [0.2, 0.25) is 11.8 Å². The fourth-order valence-electron chi connectivity index (χ4n) is 3.95. The highest BCUT2D eigenvalue weighted by atomic mass is 16.4. The van der Waals surface area contributed by atoms with Gasteiger partial charge in [-0.1, -0.05) is 56.7 Å². The Morgan fingerprint density at radius 2 is 1.90 bits per heavy atom. The first kappa shape index (κ1) is 24.6. The molecule has 31 heavy (non-hydrogen) atoms. The van der Waals surface area contributed by atoms with Crippen LogP contribution in [-0.4, -0.2) is 64.9 Å². The first-order valence-corrected chi connectivity index (χ1v) is 10.9. The second-order valence-electron chi connectivity index (χ2n) is 8.58. The van der Waals surface area contributed by atoms with Crippen LogP contribution in [0.5, 0.6) is 0 Å². The van der Waals surface area contributed by atoms with Gasteiger partial charge in [-0.25, -0.2) is 4.79 Å². The van der Waals surface area contributed by atoms with E-state index in [9.17, 15) is 14.4 Å². The molecule has 1 aromatic rings. The largest absolute Gasteiger partial charge is 0.478 e. The second kappa shape index (κ2) is 11.6. The van der Waals surface area contributed by atoms with Gasteiger partial charge in [0.15, 0.2) is 0 Å². The Kier molecular flexibility index (Phi) is 9.24. The van der Waals surface area contributed by atoms with E-state index < -0.39 is 5.97 Å². The van der Waals surface area contributed by atoms with Crippen LogP contribution >= 0.6 is 0 Å². The number of aliphatic carboxylic acids is 1. The summed E-state index contributed by atoms with van der Waals surface area (Å²) in [6.07, 6.45) is 4.42. The quantitative estimate of drug-likeness (QED) is 0.589. The highest BCUT2D eigenvalue weighted by Gasteiger charge is 2.29. The van der Waals surface area contributed by atoms with Crippen molar-refractivity contribution in [2.24, 2.45) is 5.92 Å². The molecule has 2 rings (SSSR count). The molecule has 1 aromatic carbocycles. The number of carbonyl (C=O) groups is 3. The molecule has 170 valence electrons. The zero-order chi connectivity index (χ0) is 23.0. The Morgan fingerprint density at radius 1 is 1.23 bits per heavy atom. The third-order valence-corrected chi connectivity index (χ3v) is 5.84. The average molecular weight is 430 g/mol. The van der Waals surface area contributed by atoms with E-state index in [2.05, 4.69) is 22.3 Å². The summed E-state index contributed by atoms with van der Waals surface area (Å²) >= 11 is 0. The van der Waals surface area contributed by atoms with Crippen molar-refractivity contribution in [3.63, 3.8) is 0 Å². The Hall–Kier alpha value is -2.67. The Balaban J connectivity index is 1.98. The molecule has 2 amide bonds. The molecule has 1 saturated heterocycles. The second-order valence-corrected chi connectivity index (χ2v) is 8.58. The fourth-order valence-corrected chi connectivity index (χ4v) is 3.95. The predicted octanol–water partition coefficient (Wildman–Crippen LogP) is 2.67. The van der Waals surface area contributed by atoms with Crippen LogP contribution in [0.25, 0.3) is 0 Å². The number of piperidine rings is 1. The van der Waals surface area contributed by atoms with Crippen LogP contribution in [0.15, 0.2) is 42.0 Å². The summed E-state index contributed by atoms with van der Waals surface area (Å²) in [7, 11) is 1.65. The van der Waals surface area contributed by atoms with E-state index in [-0.39, 0.29) is 41.9 Å². The summed E-state index contributed by atoms with van der Waals surface area (Å²) in [6, 6.07) is 9.47. The van der Waals surface area contributed by atoms with E-state index in [0.717, 1.165) is 25.8 Å². The first-order chi connectivity index (χ1) is 14.7. The van der Waals surface area contributed by atoms with Gasteiger partial charge in [0.1, 0.15) is 0 Å². The standard InChI is InChI=1S/C24H35N3O4/c1-17(2)21(14-18(3)24(30)31)26(4)22(28)15-25-23(29)20-12-8-9-13-27(20)16-19-10-6-5-7-11-19/h5-7,10-11,14,17,20-21H,8-9,12-13,15-16H2,1-4H3,(H,25,29)(H,30,31)/b18-14+. The number of nitrogens with one attached hydrogen (secondary N) is 1. The van der Waals surface area contributed by atoms with E-state index in [1.807, 2.05) is 32.0 Å². The van der Waals surface area contributed by atoms with E-state index >= 15 is 0 Å². The molecular weight excluding hydrogens is 394 g/mol. The van der Waals surface area contributed by atoms with Crippen LogP contribution in [0.3, 0.4) is 0 Å². The summed E-state index contributed by atoms with van der Waals surface area (Å²) in [5.74, 6) is -1.34. The molecule has 2 N–H and O–H groups in total. The Labute approximate surface area is 185 Å². The molecule has 0 radical (unpaired) electrons. The van der Waals surface area contributed by atoms with Gasteiger partial charge in [-0.3, -0.25) is 14.5 Å². The Bertz CT molecular complexity index is 791. The van der Waals surface area contributed by atoms with Crippen molar-refractivity contribution in [2.75, 3.05) is 20.1 Å². The fraction of sp³-hybridized carbons (Fsp3) is 0.542. The molecule has 1 aliphatic rings. The van der Waals surface area contributed by atoms with Crippen molar-refractivity contribution in [2.45, 2.75) is 58.7 Å². The van der Waals surface area contributed by atoms with Gasteiger partial charge in [0.05, 0.1) is 18.6 Å². The molecule has 2 atom stereocenters. The maximum absolute atomic E-state index is 12.9. The van der Waals surface area contributed by atoms with Crippen LogP contribution in [0, 0.1) is 5.92 Å². The number of nitrogens with zero attached hydrogens (tertiary/aromatic N) is 2. The lowest BCUT2D eigenvalue weighted by atomic mass is 9.99. The molecule has 2 unspecified atom stereocenters. The number of likely N-dealkylation sites (tertiary alicyclic amines) is 1. The monoisotopic (exact) mass is 429 g/mol. The van der Waals surface area contributed by atoms with Crippen molar-refractivity contribution in [3.05, 3.63) is 47.5 Å². The van der Waals surface area contributed by atoms with Crippen molar-refractivity contribution in [1.29, 1.82) is 0 Å². The maximum Gasteiger partial charge on any atom is 0.331 e. The summed E-state index contributed by atoms with van der Waals surface area (Å²) in [6.45, 7) is 6.84. The topological polar surface area (TPSA) is 90.0 Å². The number of likely N-dealkylation sites (N-methyl/N-ethyl adjacent to an activating group) is 1. The van der Waals surface area contributed by atoms with Crippen molar-refractivity contribution in [3.8, 4) is 0 Å². The molecule has 0 bridgehead atoms. The average Bonchev–Trinajstić information content (AvgIpc) is 2.75. The minimum atomic E-state index is -1.00. The van der Waals surface area contributed by atoms with Gasteiger partial charge >= 0.3 is 5.97 Å². The molecule has 1 aliphatic heterocycles. The number of amides is 2. The first-order valence-electron chi connectivity index (χ1n) is 10.9. The summed E-state index contributed by atoms with van der Waals surface area (Å²) in [4.78, 5) is 40.5. The zero-order valence-corrected chi connectivity index (χ0v) is 19.0. The van der Waals surface area contributed by atoms with Gasteiger partial charge in [-0.2, -0.15) is 0 Å². The van der Waals surface area contributed by atoms with Crippen LogP contribution in [0.1, 0.15) is 45.6 Å². The maximum atomic E-state index is 12.9. The van der Waals surface area contributed by atoms with Crippen molar-refractivity contribution < 1.29 is 19.5 Å². The molecule has 1 heterocycles. The van der Waals surface area contributed by atoms with Crippen LogP contribution in [0.2, 0.25) is 0 Å². The van der Waals surface area contributed by atoms with Gasteiger partial charge in [0, 0.05) is 19.2 Å². The van der Waals surface area contributed by atoms with Gasteiger partial charge < -0.3 is 15.3 Å². The number of hydrogen-bond acceptors (Lipinski definition) is 4. The molecule has 7 nitrogen and oxygen atoms in total. The number of carbonyl (C=O) groups excluding carboxylic acids is 2. The van der Waals surface area contributed by atoms with Gasteiger partial charge in [-0.15, -0.1) is 0 Å². The molecule has 0 aromatic heterocycles. The molecule has 1 fully saturated rings. The number of carboxylic acids is 1. The number of hydrogen-bond donors (Lipinski definition) is 2. The van der Waals surface area contributed by atoms with Crippen molar-refractivity contribution >= 4 is 17.8 Å². The van der Waals surface area contributed by atoms with Crippen LogP contribution in [0.4, 0.5) is 0 Å². The number of rotatable bonds is 9. The minimum Gasteiger partial charge on any atom is -0.478 e. The molecule has 0 spiro atoms. The third kappa shape index (κ3) is 7.21. The van der Waals surface area contributed by atoms with E-state index in [0.29, 0.717) is 6.54 Å². The zero-order valence-electron chi connectivity index (χ0n) is 19.0.